The Balaban J connectivity index is 1.21. The quantitative estimate of drug-likeness (QED) is 0.741. The normalized spacial score (nSPS) is 26.2. The van der Waals surface area contributed by atoms with Gasteiger partial charge < -0.3 is 15.1 Å². The van der Waals surface area contributed by atoms with Gasteiger partial charge in [0, 0.05) is 44.2 Å². The molecule has 1 aromatic heterocycles. The molecule has 0 unspecified atom stereocenters. The van der Waals surface area contributed by atoms with Crippen LogP contribution >= 0.6 is 0 Å². The molecule has 0 aromatic carbocycles. The van der Waals surface area contributed by atoms with Gasteiger partial charge in [0.1, 0.15) is 0 Å². The minimum atomic E-state index is 0.166. The lowest BCUT2D eigenvalue weighted by atomic mass is 9.87. The van der Waals surface area contributed by atoms with E-state index in [1.165, 1.54) is 44.9 Å². The first kappa shape index (κ1) is 22.4. The molecule has 1 aromatic rings. The number of anilines is 1. The summed E-state index contributed by atoms with van der Waals surface area (Å²) in [4.78, 5) is 24.2. The van der Waals surface area contributed by atoms with Crippen LogP contribution in [0.2, 0.25) is 0 Å². The fourth-order valence-corrected chi connectivity index (χ4v) is 5.35. The molecule has 31 heavy (non-hydrogen) atoms. The molecule has 3 fully saturated rings. The molecule has 0 atom stereocenters. The van der Waals surface area contributed by atoms with Crippen molar-refractivity contribution in [1.82, 2.24) is 30.3 Å². The first-order valence-electron chi connectivity index (χ1n) is 12.2. The van der Waals surface area contributed by atoms with E-state index in [2.05, 4.69) is 44.3 Å². The van der Waals surface area contributed by atoms with Gasteiger partial charge in [0.05, 0.1) is 18.4 Å². The van der Waals surface area contributed by atoms with Crippen LogP contribution < -0.4 is 10.2 Å². The van der Waals surface area contributed by atoms with Gasteiger partial charge >= 0.3 is 0 Å². The van der Waals surface area contributed by atoms with E-state index in [0.29, 0.717) is 24.5 Å². The lowest BCUT2D eigenvalue weighted by molar-refractivity contribution is -0.123. The second-order valence-corrected chi connectivity index (χ2v) is 9.82. The van der Waals surface area contributed by atoms with Crippen LogP contribution in [0.3, 0.4) is 0 Å². The van der Waals surface area contributed by atoms with Crippen molar-refractivity contribution in [3.63, 3.8) is 0 Å². The number of rotatable bonds is 6. The molecular formula is C23H39N7O. The van der Waals surface area contributed by atoms with Crippen LogP contribution in [0.5, 0.6) is 0 Å². The smallest absolute Gasteiger partial charge is 0.245 e. The van der Waals surface area contributed by atoms with Crippen LogP contribution in [0.1, 0.15) is 69.4 Å². The van der Waals surface area contributed by atoms with Crippen molar-refractivity contribution in [2.45, 2.75) is 75.8 Å². The summed E-state index contributed by atoms with van der Waals surface area (Å²) in [6.07, 6.45) is 12.7. The number of amides is 1. The second-order valence-electron chi connectivity index (χ2n) is 9.82. The summed E-state index contributed by atoms with van der Waals surface area (Å²) in [5, 5.41) is 11.8. The Morgan fingerprint density at radius 1 is 1.03 bits per heavy atom. The van der Waals surface area contributed by atoms with Crippen LogP contribution in [-0.4, -0.2) is 89.8 Å². The summed E-state index contributed by atoms with van der Waals surface area (Å²) in [6.45, 7) is 3.90. The van der Waals surface area contributed by atoms with Crippen molar-refractivity contribution in [2.24, 2.45) is 0 Å². The van der Waals surface area contributed by atoms with Crippen LogP contribution in [-0.2, 0) is 4.79 Å². The summed E-state index contributed by atoms with van der Waals surface area (Å²) >= 11 is 0. The van der Waals surface area contributed by atoms with Crippen molar-refractivity contribution in [3.8, 4) is 0 Å². The maximum atomic E-state index is 12.6. The van der Waals surface area contributed by atoms with Crippen molar-refractivity contribution < 1.29 is 4.79 Å². The summed E-state index contributed by atoms with van der Waals surface area (Å²) in [5.41, 5.74) is 1.11. The molecule has 2 heterocycles. The van der Waals surface area contributed by atoms with Crippen molar-refractivity contribution in [3.05, 3.63) is 11.9 Å². The van der Waals surface area contributed by atoms with Crippen LogP contribution in [0.15, 0.2) is 6.20 Å². The van der Waals surface area contributed by atoms with E-state index < -0.39 is 0 Å². The lowest BCUT2D eigenvalue weighted by Gasteiger charge is -2.35. The molecule has 4 rings (SSSR count). The molecule has 1 aliphatic heterocycles. The largest absolute Gasteiger partial charge is 0.352 e. The monoisotopic (exact) mass is 429 g/mol. The highest BCUT2D eigenvalue weighted by Gasteiger charge is 2.26. The van der Waals surface area contributed by atoms with Crippen molar-refractivity contribution in [2.75, 3.05) is 51.7 Å². The maximum absolute atomic E-state index is 12.6. The third kappa shape index (κ3) is 6.13. The zero-order valence-corrected chi connectivity index (χ0v) is 19.3. The third-order valence-corrected chi connectivity index (χ3v) is 7.40. The summed E-state index contributed by atoms with van der Waals surface area (Å²) in [7, 11) is 4.30. The number of hydrogen-bond donors (Lipinski definition) is 1. The molecule has 0 radical (unpaired) electrons. The highest BCUT2D eigenvalue weighted by atomic mass is 16.2. The molecular weight excluding hydrogens is 390 g/mol. The highest BCUT2D eigenvalue weighted by molar-refractivity contribution is 5.78. The van der Waals surface area contributed by atoms with Crippen LogP contribution in [0.25, 0.3) is 0 Å². The van der Waals surface area contributed by atoms with E-state index in [4.69, 9.17) is 4.98 Å². The van der Waals surface area contributed by atoms with Crippen molar-refractivity contribution >= 4 is 11.9 Å². The summed E-state index contributed by atoms with van der Waals surface area (Å²) in [5.74, 6) is 1.46. The number of nitrogens with zero attached hydrogens (tertiary/aromatic N) is 6. The van der Waals surface area contributed by atoms with Gasteiger partial charge in [-0.3, -0.25) is 9.69 Å². The minimum absolute atomic E-state index is 0.166. The summed E-state index contributed by atoms with van der Waals surface area (Å²) in [6, 6.07) is 1.00. The van der Waals surface area contributed by atoms with Gasteiger partial charge in [-0.05, 0) is 52.6 Å². The Morgan fingerprint density at radius 3 is 2.42 bits per heavy atom. The SMILES string of the molecule is CN(C)C1CCC(NC(=O)CN2CCN(c3nncc(C4CCCCC4)n3)CC2)CC1. The Hall–Kier alpha value is -1.80. The molecule has 8 heteroatoms. The predicted octanol–water partition coefficient (Wildman–Crippen LogP) is 2.03. The standard InChI is InChI=1S/C23H39N7O/c1-28(2)20-10-8-19(9-11-20)25-22(31)17-29-12-14-30(15-13-29)23-26-21(16-24-27-23)18-6-4-3-5-7-18/h16,18-20H,3-15,17H2,1-2H3,(H,25,31). The highest BCUT2D eigenvalue weighted by Crippen LogP contribution is 2.31. The number of carbonyl (C=O) groups is 1. The molecule has 2 saturated carbocycles. The lowest BCUT2D eigenvalue weighted by Crippen LogP contribution is -2.51. The molecule has 8 nitrogen and oxygen atoms in total. The van der Waals surface area contributed by atoms with E-state index in [1.54, 1.807) is 0 Å². The third-order valence-electron chi connectivity index (χ3n) is 7.40. The van der Waals surface area contributed by atoms with Gasteiger partial charge in [-0.15, -0.1) is 5.10 Å². The maximum Gasteiger partial charge on any atom is 0.245 e. The Morgan fingerprint density at radius 2 is 1.74 bits per heavy atom. The fourth-order valence-electron chi connectivity index (χ4n) is 5.35. The van der Waals surface area contributed by atoms with E-state index in [-0.39, 0.29) is 5.91 Å². The van der Waals surface area contributed by atoms with Crippen LogP contribution in [0, 0.1) is 0 Å². The fraction of sp³-hybridized carbons (Fsp3) is 0.826. The molecule has 2 aliphatic carbocycles. The first-order valence-corrected chi connectivity index (χ1v) is 12.2. The van der Waals surface area contributed by atoms with Gasteiger partial charge in [-0.25, -0.2) is 4.98 Å². The predicted molar refractivity (Wildman–Crippen MR) is 122 cm³/mol. The Labute approximate surface area is 186 Å². The molecule has 3 aliphatic rings. The van der Waals surface area contributed by atoms with E-state index in [1.807, 2.05) is 6.20 Å². The molecule has 0 spiro atoms. The number of hydrogen-bond acceptors (Lipinski definition) is 7. The number of aromatic nitrogens is 3. The Bertz CT molecular complexity index is 706. The minimum Gasteiger partial charge on any atom is -0.352 e. The van der Waals surface area contributed by atoms with Gasteiger partial charge in [0.25, 0.3) is 0 Å². The van der Waals surface area contributed by atoms with E-state index in [0.717, 1.165) is 50.7 Å². The zero-order chi connectivity index (χ0) is 21.6. The number of carbonyl (C=O) groups excluding carboxylic acids is 1. The zero-order valence-electron chi connectivity index (χ0n) is 19.3. The Kier molecular flexibility index (Phi) is 7.72. The van der Waals surface area contributed by atoms with Gasteiger partial charge in [-0.2, -0.15) is 5.10 Å². The van der Waals surface area contributed by atoms with Gasteiger partial charge in [0.2, 0.25) is 11.9 Å². The number of nitrogens with one attached hydrogen (secondary N) is 1. The topological polar surface area (TPSA) is 77.5 Å². The molecule has 172 valence electrons. The average Bonchev–Trinajstić information content (AvgIpc) is 2.80. The second kappa shape index (κ2) is 10.7. The first-order chi connectivity index (χ1) is 15.1. The van der Waals surface area contributed by atoms with Gasteiger partial charge in [-0.1, -0.05) is 19.3 Å². The molecule has 1 N–H and O–H groups in total. The average molecular weight is 430 g/mol. The number of piperazine rings is 1. The molecule has 0 bridgehead atoms. The molecule has 1 saturated heterocycles. The van der Waals surface area contributed by atoms with E-state index >= 15 is 0 Å². The van der Waals surface area contributed by atoms with Crippen molar-refractivity contribution in [1.29, 1.82) is 0 Å². The van der Waals surface area contributed by atoms with E-state index in [9.17, 15) is 4.79 Å². The van der Waals surface area contributed by atoms with Gasteiger partial charge in [0.15, 0.2) is 0 Å². The molecule has 1 amide bonds. The summed E-state index contributed by atoms with van der Waals surface area (Å²) < 4.78 is 0. The van der Waals surface area contributed by atoms with Crippen LogP contribution in [0.4, 0.5) is 5.95 Å².